The fourth-order valence-corrected chi connectivity index (χ4v) is 4.59. The summed E-state index contributed by atoms with van der Waals surface area (Å²) in [5.41, 5.74) is 2.23. The van der Waals surface area contributed by atoms with Crippen LogP contribution >= 0.6 is 11.8 Å². The molecule has 0 aliphatic carbocycles. The summed E-state index contributed by atoms with van der Waals surface area (Å²) >= 11 is 1.36. The van der Waals surface area contributed by atoms with Gasteiger partial charge in [0.1, 0.15) is 11.0 Å². The third-order valence-electron chi connectivity index (χ3n) is 5.38. The summed E-state index contributed by atoms with van der Waals surface area (Å²) in [6.45, 7) is 0. The standard InChI is InChI=1S/C28H23N3O5S/c1-36-24-16-12-21(13-17-24)29-28(33)26(19-6-3-2-4-7-19)37-25-9-5-8-22(18-25)30-27(32)20-10-14-23(15-11-20)31(34)35/h2-18,26H,1H3,(H,29,33)(H,30,32). The van der Waals surface area contributed by atoms with Crippen LogP contribution < -0.4 is 15.4 Å². The SMILES string of the molecule is COc1ccc(NC(=O)C(Sc2cccc(NC(=O)c3ccc([N+](=O)[O-])cc3)c2)c2ccccc2)cc1. The molecular formula is C28H23N3O5S. The molecule has 2 N–H and O–H groups in total. The van der Waals surface area contributed by atoms with Crippen LogP contribution in [0.15, 0.2) is 108 Å². The average Bonchev–Trinajstić information content (AvgIpc) is 2.93. The van der Waals surface area contributed by atoms with Crippen molar-refractivity contribution in [2.75, 3.05) is 17.7 Å². The molecule has 8 nitrogen and oxygen atoms in total. The minimum absolute atomic E-state index is 0.0881. The average molecular weight is 514 g/mol. The molecule has 2 amide bonds. The molecule has 0 saturated carbocycles. The number of amides is 2. The largest absolute Gasteiger partial charge is 0.497 e. The molecule has 0 aliphatic rings. The van der Waals surface area contributed by atoms with E-state index in [0.717, 1.165) is 10.5 Å². The van der Waals surface area contributed by atoms with Gasteiger partial charge in [0.15, 0.2) is 0 Å². The minimum Gasteiger partial charge on any atom is -0.497 e. The van der Waals surface area contributed by atoms with Gasteiger partial charge in [0.2, 0.25) is 5.91 Å². The molecule has 0 saturated heterocycles. The van der Waals surface area contributed by atoms with E-state index < -0.39 is 16.1 Å². The number of non-ortho nitro benzene ring substituents is 1. The Kier molecular flexibility index (Phi) is 8.17. The number of methoxy groups -OCH3 is 1. The zero-order valence-corrected chi connectivity index (χ0v) is 20.6. The third-order valence-corrected chi connectivity index (χ3v) is 6.63. The lowest BCUT2D eigenvalue weighted by molar-refractivity contribution is -0.384. The minimum atomic E-state index is -0.552. The first kappa shape index (κ1) is 25.5. The predicted octanol–water partition coefficient (Wildman–Crippen LogP) is 6.33. The number of rotatable bonds is 9. The van der Waals surface area contributed by atoms with Gasteiger partial charge in [-0.2, -0.15) is 0 Å². The maximum absolute atomic E-state index is 13.3. The molecule has 1 unspecified atom stereocenters. The van der Waals surface area contributed by atoms with E-state index in [9.17, 15) is 19.7 Å². The second-order valence-corrected chi connectivity index (χ2v) is 9.09. The normalized spacial score (nSPS) is 11.3. The zero-order valence-electron chi connectivity index (χ0n) is 19.8. The van der Waals surface area contributed by atoms with Crippen molar-refractivity contribution < 1.29 is 19.2 Å². The molecule has 9 heteroatoms. The number of thioether (sulfide) groups is 1. The number of nitrogens with zero attached hydrogens (tertiary/aromatic N) is 1. The summed E-state index contributed by atoms with van der Waals surface area (Å²) in [7, 11) is 1.58. The molecule has 4 aromatic rings. The number of ether oxygens (including phenoxy) is 1. The molecular weight excluding hydrogens is 490 g/mol. The molecule has 0 heterocycles. The first-order chi connectivity index (χ1) is 17.9. The highest BCUT2D eigenvalue weighted by Gasteiger charge is 2.22. The lowest BCUT2D eigenvalue weighted by Crippen LogP contribution is -2.19. The number of nitro groups is 1. The summed E-state index contributed by atoms with van der Waals surface area (Å²) < 4.78 is 5.18. The van der Waals surface area contributed by atoms with E-state index in [1.807, 2.05) is 36.4 Å². The van der Waals surface area contributed by atoms with Gasteiger partial charge in [-0.15, -0.1) is 11.8 Å². The highest BCUT2D eigenvalue weighted by molar-refractivity contribution is 8.00. The second-order valence-electron chi connectivity index (χ2n) is 7.91. The molecule has 0 aliphatic heterocycles. The van der Waals surface area contributed by atoms with Crippen LogP contribution in [0.1, 0.15) is 21.2 Å². The molecule has 186 valence electrons. The lowest BCUT2D eigenvalue weighted by Gasteiger charge is -2.18. The molecule has 1 atom stereocenters. The van der Waals surface area contributed by atoms with Crippen molar-refractivity contribution in [3.63, 3.8) is 0 Å². The predicted molar refractivity (Wildman–Crippen MR) is 144 cm³/mol. The Hall–Kier alpha value is -4.63. The van der Waals surface area contributed by atoms with Crippen LogP contribution in [0.2, 0.25) is 0 Å². The van der Waals surface area contributed by atoms with Gasteiger partial charge in [-0.05, 0) is 60.2 Å². The Bertz CT molecular complexity index is 1390. The van der Waals surface area contributed by atoms with Gasteiger partial charge in [-0.25, -0.2) is 0 Å². The van der Waals surface area contributed by atoms with Crippen LogP contribution in [0.3, 0.4) is 0 Å². The monoisotopic (exact) mass is 513 g/mol. The van der Waals surface area contributed by atoms with Gasteiger partial charge >= 0.3 is 0 Å². The quantitative estimate of drug-likeness (QED) is 0.154. The number of hydrogen-bond donors (Lipinski definition) is 2. The summed E-state index contributed by atoms with van der Waals surface area (Å²) in [5, 5.41) is 16.1. The van der Waals surface area contributed by atoms with Gasteiger partial charge in [0.25, 0.3) is 11.6 Å². The molecule has 4 rings (SSSR count). The summed E-state index contributed by atoms with van der Waals surface area (Å²) in [5.74, 6) is 0.107. The number of carbonyl (C=O) groups is 2. The smallest absolute Gasteiger partial charge is 0.269 e. The highest BCUT2D eigenvalue weighted by Crippen LogP contribution is 2.37. The van der Waals surface area contributed by atoms with E-state index in [4.69, 9.17) is 4.74 Å². The van der Waals surface area contributed by atoms with E-state index in [1.165, 1.54) is 36.0 Å². The van der Waals surface area contributed by atoms with E-state index >= 15 is 0 Å². The molecule has 4 aromatic carbocycles. The van der Waals surface area contributed by atoms with Crippen molar-refractivity contribution >= 4 is 40.6 Å². The van der Waals surface area contributed by atoms with Gasteiger partial charge in [-0.3, -0.25) is 19.7 Å². The van der Waals surface area contributed by atoms with Gasteiger partial charge < -0.3 is 15.4 Å². The maximum atomic E-state index is 13.3. The molecule has 0 fully saturated rings. The van der Waals surface area contributed by atoms with Crippen LogP contribution in [0.4, 0.5) is 17.1 Å². The molecule has 0 aromatic heterocycles. The van der Waals surface area contributed by atoms with E-state index in [2.05, 4.69) is 10.6 Å². The first-order valence-electron chi connectivity index (χ1n) is 11.3. The molecule has 0 radical (unpaired) electrons. The van der Waals surface area contributed by atoms with Crippen LogP contribution in [-0.2, 0) is 4.79 Å². The molecule has 0 spiro atoms. The van der Waals surface area contributed by atoms with Crippen molar-refractivity contribution in [1.82, 2.24) is 0 Å². The van der Waals surface area contributed by atoms with Crippen LogP contribution in [-0.4, -0.2) is 23.8 Å². The Morgan fingerprint density at radius 2 is 1.54 bits per heavy atom. The second kappa shape index (κ2) is 11.9. The Morgan fingerprint density at radius 1 is 0.838 bits per heavy atom. The van der Waals surface area contributed by atoms with Crippen molar-refractivity contribution in [2.45, 2.75) is 10.1 Å². The fraction of sp³-hybridized carbons (Fsp3) is 0.0714. The van der Waals surface area contributed by atoms with E-state index in [0.29, 0.717) is 22.7 Å². The van der Waals surface area contributed by atoms with Crippen molar-refractivity contribution in [2.24, 2.45) is 0 Å². The number of nitrogens with one attached hydrogen (secondary N) is 2. The van der Waals surface area contributed by atoms with E-state index in [-0.39, 0.29) is 11.6 Å². The zero-order chi connectivity index (χ0) is 26.2. The first-order valence-corrected chi connectivity index (χ1v) is 12.1. The number of carbonyl (C=O) groups excluding carboxylic acids is 2. The van der Waals surface area contributed by atoms with Gasteiger partial charge in [0.05, 0.1) is 12.0 Å². The van der Waals surface area contributed by atoms with Crippen LogP contribution in [0, 0.1) is 10.1 Å². The summed E-state index contributed by atoms with van der Waals surface area (Å²) in [6, 6.07) is 29.1. The van der Waals surface area contributed by atoms with Gasteiger partial charge in [-0.1, -0.05) is 36.4 Å². The number of nitro benzene ring substituents is 1. The maximum Gasteiger partial charge on any atom is 0.269 e. The van der Waals surface area contributed by atoms with Crippen molar-refractivity contribution in [3.8, 4) is 5.75 Å². The lowest BCUT2D eigenvalue weighted by atomic mass is 10.1. The molecule has 0 bridgehead atoms. The summed E-state index contributed by atoms with van der Waals surface area (Å²) in [6.07, 6.45) is 0. The van der Waals surface area contributed by atoms with Crippen LogP contribution in [0.5, 0.6) is 5.75 Å². The number of benzene rings is 4. The number of anilines is 2. The topological polar surface area (TPSA) is 111 Å². The Balaban J connectivity index is 1.51. The highest BCUT2D eigenvalue weighted by atomic mass is 32.2. The number of hydrogen-bond acceptors (Lipinski definition) is 6. The Morgan fingerprint density at radius 3 is 2.19 bits per heavy atom. The van der Waals surface area contributed by atoms with Crippen molar-refractivity contribution in [1.29, 1.82) is 0 Å². The van der Waals surface area contributed by atoms with Crippen molar-refractivity contribution in [3.05, 3.63) is 124 Å². The third kappa shape index (κ3) is 6.74. The Labute approximate surface area is 217 Å². The van der Waals surface area contributed by atoms with Crippen LogP contribution in [0.25, 0.3) is 0 Å². The fourth-order valence-electron chi connectivity index (χ4n) is 3.50. The van der Waals surface area contributed by atoms with E-state index in [1.54, 1.807) is 49.6 Å². The molecule has 37 heavy (non-hydrogen) atoms. The summed E-state index contributed by atoms with van der Waals surface area (Å²) in [4.78, 5) is 37.1. The van der Waals surface area contributed by atoms with Gasteiger partial charge in [0, 0.05) is 34.0 Å².